The van der Waals surface area contributed by atoms with Gasteiger partial charge in [0.05, 0.1) is 6.61 Å². The Morgan fingerprint density at radius 1 is 0.558 bits per heavy atom. The molecule has 43 heavy (non-hydrogen) atoms. The van der Waals surface area contributed by atoms with Crippen LogP contribution in [0.4, 0.5) is 0 Å². The van der Waals surface area contributed by atoms with Crippen molar-refractivity contribution < 1.29 is 24.2 Å². The van der Waals surface area contributed by atoms with Crippen LogP contribution in [0.25, 0.3) is 0 Å². The molecule has 0 saturated heterocycles. The summed E-state index contributed by atoms with van der Waals surface area (Å²) in [6, 6.07) is 0. The van der Waals surface area contributed by atoms with Gasteiger partial charge in [-0.05, 0) is 70.6 Å². The van der Waals surface area contributed by atoms with E-state index >= 15 is 0 Å². The van der Waals surface area contributed by atoms with Gasteiger partial charge in [-0.15, -0.1) is 0 Å². The maximum Gasteiger partial charge on any atom is 0.306 e. The SMILES string of the molecule is CC/C=C/C/C=C/C/C=C/CCCCCCCC(=O)O[C@@H](CO)COC(=O)CCCCCCC/C=C/C/C=C/CCCC. The second-order valence-corrected chi connectivity index (χ2v) is 11.2. The molecular weight excluding hydrogens is 536 g/mol. The molecule has 246 valence electrons. The Morgan fingerprint density at radius 3 is 1.51 bits per heavy atom. The van der Waals surface area contributed by atoms with Crippen LogP contribution < -0.4 is 0 Å². The number of esters is 2. The third kappa shape index (κ3) is 32.4. The van der Waals surface area contributed by atoms with E-state index in [0.717, 1.165) is 89.9 Å². The summed E-state index contributed by atoms with van der Waals surface area (Å²) in [6.45, 7) is 3.93. The molecule has 0 rings (SSSR count). The number of aliphatic hydroxyl groups is 1. The number of carbonyl (C=O) groups is 2. The van der Waals surface area contributed by atoms with Crippen LogP contribution in [0.1, 0.15) is 149 Å². The fourth-order valence-electron chi connectivity index (χ4n) is 4.41. The summed E-state index contributed by atoms with van der Waals surface area (Å²) in [5.74, 6) is -0.634. The fraction of sp³-hybridized carbons (Fsp3) is 0.684. The molecule has 0 aliphatic rings. The summed E-state index contributed by atoms with van der Waals surface area (Å²) >= 11 is 0. The number of aliphatic hydroxyl groups excluding tert-OH is 1. The van der Waals surface area contributed by atoms with Gasteiger partial charge in [-0.1, -0.05) is 126 Å². The molecule has 1 atom stereocenters. The van der Waals surface area contributed by atoms with Crippen LogP contribution in [0.3, 0.4) is 0 Å². The van der Waals surface area contributed by atoms with Gasteiger partial charge in [0.25, 0.3) is 0 Å². The molecule has 0 aromatic carbocycles. The van der Waals surface area contributed by atoms with E-state index in [0.29, 0.717) is 12.8 Å². The minimum absolute atomic E-state index is 0.0829. The highest BCUT2D eigenvalue weighted by atomic mass is 16.6. The predicted octanol–water partition coefficient (Wildman–Crippen LogP) is 10.4. The largest absolute Gasteiger partial charge is 0.462 e. The molecule has 0 aliphatic carbocycles. The first kappa shape index (κ1) is 40.6. The molecule has 0 unspecified atom stereocenters. The van der Waals surface area contributed by atoms with Gasteiger partial charge in [0.2, 0.25) is 0 Å². The van der Waals surface area contributed by atoms with E-state index in [-0.39, 0.29) is 25.2 Å². The summed E-state index contributed by atoms with van der Waals surface area (Å²) in [5.41, 5.74) is 0. The highest BCUT2D eigenvalue weighted by Gasteiger charge is 2.16. The van der Waals surface area contributed by atoms with Crippen molar-refractivity contribution in [2.24, 2.45) is 0 Å². The van der Waals surface area contributed by atoms with Crippen molar-refractivity contribution >= 4 is 11.9 Å². The zero-order chi connectivity index (χ0) is 31.5. The molecule has 0 heterocycles. The van der Waals surface area contributed by atoms with Gasteiger partial charge in [-0.2, -0.15) is 0 Å². The predicted molar refractivity (Wildman–Crippen MR) is 182 cm³/mol. The molecule has 0 aliphatic heterocycles. The van der Waals surface area contributed by atoms with E-state index in [1.54, 1.807) is 0 Å². The minimum Gasteiger partial charge on any atom is -0.462 e. The van der Waals surface area contributed by atoms with Gasteiger partial charge < -0.3 is 14.6 Å². The van der Waals surface area contributed by atoms with Crippen molar-refractivity contribution in [1.29, 1.82) is 0 Å². The molecule has 0 aromatic heterocycles. The Labute approximate surface area is 264 Å². The normalized spacial score (nSPS) is 12.9. The lowest BCUT2D eigenvalue weighted by atomic mass is 10.1. The summed E-state index contributed by atoms with van der Waals surface area (Å²) in [7, 11) is 0. The fourth-order valence-corrected chi connectivity index (χ4v) is 4.41. The molecule has 0 fully saturated rings. The number of unbranched alkanes of at least 4 members (excludes halogenated alkanes) is 12. The summed E-state index contributed by atoms with van der Waals surface area (Å²) in [5, 5.41) is 9.51. The molecule has 5 heteroatoms. The Bertz CT molecular complexity index is 777. The number of rotatable bonds is 30. The Morgan fingerprint density at radius 2 is 1.00 bits per heavy atom. The van der Waals surface area contributed by atoms with Crippen LogP contribution in [-0.4, -0.2) is 36.4 Å². The second kappa shape index (κ2) is 34.1. The van der Waals surface area contributed by atoms with Crippen LogP contribution in [-0.2, 0) is 19.1 Å². The molecule has 0 amide bonds. The Kier molecular flexibility index (Phi) is 32.2. The zero-order valence-corrected chi connectivity index (χ0v) is 27.7. The third-order valence-corrected chi connectivity index (χ3v) is 7.05. The van der Waals surface area contributed by atoms with Crippen molar-refractivity contribution in [2.45, 2.75) is 155 Å². The van der Waals surface area contributed by atoms with E-state index in [4.69, 9.17) is 9.47 Å². The van der Waals surface area contributed by atoms with Crippen LogP contribution >= 0.6 is 0 Å². The highest BCUT2D eigenvalue weighted by Crippen LogP contribution is 2.11. The second-order valence-electron chi connectivity index (χ2n) is 11.2. The van der Waals surface area contributed by atoms with Gasteiger partial charge in [-0.25, -0.2) is 0 Å². The van der Waals surface area contributed by atoms with Gasteiger partial charge >= 0.3 is 11.9 Å². The lowest BCUT2D eigenvalue weighted by Crippen LogP contribution is -2.28. The molecule has 0 spiro atoms. The van der Waals surface area contributed by atoms with Crippen molar-refractivity contribution in [3.63, 3.8) is 0 Å². The van der Waals surface area contributed by atoms with E-state index in [1.807, 2.05) is 0 Å². The van der Waals surface area contributed by atoms with Gasteiger partial charge in [0.15, 0.2) is 6.10 Å². The van der Waals surface area contributed by atoms with Crippen molar-refractivity contribution in [3.8, 4) is 0 Å². The number of hydrogen-bond donors (Lipinski definition) is 1. The summed E-state index contributed by atoms with van der Waals surface area (Å²) in [6.07, 6.45) is 42.7. The minimum atomic E-state index is -0.786. The Balaban J connectivity index is 3.66. The van der Waals surface area contributed by atoms with Gasteiger partial charge in [-0.3, -0.25) is 9.59 Å². The average molecular weight is 601 g/mol. The Hall–Kier alpha value is -2.40. The van der Waals surface area contributed by atoms with Crippen molar-refractivity contribution in [3.05, 3.63) is 60.8 Å². The standard InChI is InChI=1S/C38H64O5/c1-3-5-7-9-11-13-15-17-19-21-23-25-27-29-31-33-38(41)43-36(34-39)35-42-37(40)32-30-28-26-24-22-20-18-16-14-12-10-8-6-4-2/h5,7,10-13,16-19,36,39H,3-4,6,8-9,14-15,20-35H2,1-2H3/b7-5+,12-10+,13-11+,18-16+,19-17+/t36-/m0/s1. The average Bonchev–Trinajstić information content (AvgIpc) is 3.01. The lowest BCUT2D eigenvalue weighted by molar-refractivity contribution is -0.161. The van der Waals surface area contributed by atoms with Crippen LogP contribution in [0, 0.1) is 0 Å². The van der Waals surface area contributed by atoms with E-state index < -0.39 is 6.10 Å². The zero-order valence-electron chi connectivity index (χ0n) is 27.7. The molecular formula is C38H64O5. The van der Waals surface area contributed by atoms with Crippen LogP contribution in [0.5, 0.6) is 0 Å². The highest BCUT2D eigenvalue weighted by molar-refractivity contribution is 5.70. The summed E-state index contributed by atoms with van der Waals surface area (Å²) < 4.78 is 10.5. The first-order chi connectivity index (χ1) is 21.1. The van der Waals surface area contributed by atoms with Gasteiger partial charge in [0.1, 0.15) is 6.61 Å². The van der Waals surface area contributed by atoms with Crippen LogP contribution in [0.2, 0.25) is 0 Å². The molecule has 0 bridgehead atoms. The molecule has 0 saturated carbocycles. The topological polar surface area (TPSA) is 72.8 Å². The monoisotopic (exact) mass is 600 g/mol. The molecule has 0 radical (unpaired) electrons. The number of allylic oxidation sites excluding steroid dienone is 10. The van der Waals surface area contributed by atoms with Crippen molar-refractivity contribution in [1.82, 2.24) is 0 Å². The quantitative estimate of drug-likeness (QED) is 0.0504. The molecule has 1 N–H and O–H groups in total. The van der Waals surface area contributed by atoms with Gasteiger partial charge in [0, 0.05) is 12.8 Å². The van der Waals surface area contributed by atoms with E-state index in [2.05, 4.69) is 74.6 Å². The molecule has 5 nitrogen and oxygen atoms in total. The van der Waals surface area contributed by atoms with E-state index in [1.165, 1.54) is 32.1 Å². The number of ether oxygens (including phenoxy) is 2. The first-order valence-corrected chi connectivity index (χ1v) is 17.3. The lowest BCUT2D eigenvalue weighted by Gasteiger charge is -2.15. The number of hydrogen-bond acceptors (Lipinski definition) is 5. The number of carbonyl (C=O) groups excluding carboxylic acids is 2. The van der Waals surface area contributed by atoms with Crippen molar-refractivity contribution in [2.75, 3.05) is 13.2 Å². The van der Waals surface area contributed by atoms with E-state index in [9.17, 15) is 14.7 Å². The maximum absolute atomic E-state index is 12.1. The smallest absolute Gasteiger partial charge is 0.306 e. The molecule has 0 aromatic rings. The third-order valence-electron chi connectivity index (χ3n) is 7.05. The summed E-state index contributed by atoms with van der Waals surface area (Å²) in [4.78, 5) is 24.1. The first-order valence-electron chi connectivity index (χ1n) is 17.3. The van der Waals surface area contributed by atoms with Crippen LogP contribution in [0.15, 0.2) is 60.8 Å². The maximum atomic E-state index is 12.1.